The summed E-state index contributed by atoms with van der Waals surface area (Å²) in [5.74, 6) is 2.36. The van der Waals surface area contributed by atoms with Gasteiger partial charge in [0, 0.05) is 24.7 Å². The van der Waals surface area contributed by atoms with Gasteiger partial charge in [-0.25, -0.2) is 9.38 Å². The molecule has 2 aromatic carbocycles. The summed E-state index contributed by atoms with van der Waals surface area (Å²) in [5.41, 5.74) is 1.81. The molecule has 160 valence electrons. The van der Waals surface area contributed by atoms with E-state index in [-0.39, 0.29) is 29.8 Å². The smallest absolute Gasteiger partial charge is 0.191 e. The van der Waals surface area contributed by atoms with Crippen LogP contribution in [0.2, 0.25) is 0 Å². The number of halogens is 2. The Bertz CT molecular complexity index is 803. The van der Waals surface area contributed by atoms with E-state index in [1.54, 1.807) is 39.5 Å². The van der Waals surface area contributed by atoms with Crippen molar-refractivity contribution >= 4 is 29.9 Å². The van der Waals surface area contributed by atoms with Crippen LogP contribution in [0, 0.1) is 5.82 Å². The first-order valence-electron chi connectivity index (χ1n) is 9.16. The van der Waals surface area contributed by atoms with Crippen LogP contribution in [-0.2, 0) is 13.0 Å². The first-order valence-corrected chi connectivity index (χ1v) is 9.16. The highest BCUT2D eigenvalue weighted by molar-refractivity contribution is 14.0. The van der Waals surface area contributed by atoms with E-state index in [1.807, 2.05) is 19.1 Å². The molecule has 0 heterocycles. The normalized spacial score (nSPS) is 10.7. The Morgan fingerprint density at radius 2 is 1.66 bits per heavy atom. The quantitative estimate of drug-likeness (QED) is 0.301. The third-order valence-electron chi connectivity index (χ3n) is 4.13. The van der Waals surface area contributed by atoms with Gasteiger partial charge in [0.05, 0.1) is 27.9 Å². The van der Waals surface area contributed by atoms with Crippen molar-refractivity contribution in [3.8, 4) is 17.2 Å². The number of nitrogens with one attached hydrogen (secondary N) is 2. The summed E-state index contributed by atoms with van der Waals surface area (Å²) in [6.07, 6.45) is 0.696. The number of benzene rings is 2. The molecule has 0 aliphatic rings. The molecule has 0 radical (unpaired) electrons. The summed E-state index contributed by atoms with van der Waals surface area (Å²) in [6, 6.07) is 10.3. The third-order valence-corrected chi connectivity index (χ3v) is 4.13. The maximum absolute atomic E-state index is 13.3. The third kappa shape index (κ3) is 7.60. The van der Waals surface area contributed by atoms with Gasteiger partial charge in [-0.15, -0.1) is 24.0 Å². The van der Waals surface area contributed by atoms with Gasteiger partial charge in [0.2, 0.25) is 0 Å². The average molecular weight is 517 g/mol. The summed E-state index contributed by atoms with van der Waals surface area (Å²) < 4.78 is 29.4. The second-order valence-corrected chi connectivity index (χ2v) is 6.02. The number of hydrogen-bond acceptors (Lipinski definition) is 4. The molecule has 0 unspecified atom stereocenters. The number of nitrogens with zero attached hydrogens (tertiary/aromatic N) is 1. The first-order chi connectivity index (χ1) is 13.6. The van der Waals surface area contributed by atoms with Crippen LogP contribution in [0.5, 0.6) is 17.2 Å². The predicted octanol–water partition coefficient (Wildman–Crippen LogP) is 3.77. The van der Waals surface area contributed by atoms with Gasteiger partial charge >= 0.3 is 0 Å². The zero-order chi connectivity index (χ0) is 20.4. The minimum atomic E-state index is -0.223. The molecule has 0 saturated carbocycles. The van der Waals surface area contributed by atoms with Gasteiger partial charge < -0.3 is 24.8 Å². The van der Waals surface area contributed by atoms with Crippen LogP contribution in [0.4, 0.5) is 4.39 Å². The molecule has 8 heteroatoms. The van der Waals surface area contributed by atoms with Crippen molar-refractivity contribution in [2.24, 2.45) is 4.99 Å². The van der Waals surface area contributed by atoms with Crippen LogP contribution in [-0.4, -0.2) is 40.4 Å². The number of guanidine groups is 1. The molecule has 0 aliphatic heterocycles. The molecule has 0 amide bonds. The van der Waals surface area contributed by atoms with Gasteiger partial charge in [0.25, 0.3) is 0 Å². The molecule has 29 heavy (non-hydrogen) atoms. The number of hydrogen-bond donors (Lipinski definition) is 2. The van der Waals surface area contributed by atoms with E-state index >= 15 is 0 Å². The molecule has 0 atom stereocenters. The number of rotatable bonds is 9. The lowest BCUT2D eigenvalue weighted by Gasteiger charge is -2.14. The minimum absolute atomic E-state index is 0. The second kappa shape index (κ2) is 13.1. The predicted molar refractivity (Wildman–Crippen MR) is 124 cm³/mol. The highest BCUT2D eigenvalue weighted by Gasteiger charge is 2.11. The molecule has 2 rings (SSSR count). The number of ether oxygens (including phenoxy) is 3. The van der Waals surface area contributed by atoms with E-state index in [0.29, 0.717) is 42.7 Å². The number of methoxy groups -OCH3 is 3. The van der Waals surface area contributed by atoms with Gasteiger partial charge in [-0.05, 0) is 37.1 Å². The van der Waals surface area contributed by atoms with Crippen molar-refractivity contribution in [3.05, 3.63) is 53.3 Å². The second-order valence-electron chi connectivity index (χ2n) is 6.02. The van der Waals surface area contributed by atoms with E-state index in [1.165, 1.54) is 6.07 Å². The van der Waals surface area contributed by atoms with Crippen LogP contribution in [0.15, 0.2) is 41.4 Å². The van der Waals surface area contributed by atoms with E-state index in [0.717, 1.165) is 17.7 Å². The van der Waals surface area contributed by atoms with Crippen molar-refractivity contribution < 1.29 is 18.6 Å². The lowest BCUT2D eigenvalue weighted by atomic mass is 10.1. The van der Waals surface area contributed by atoms with E-state index in [9.17, 15) is 4.39 Å². The zero-order valence-corrected chi connectivity index (χ0v) is 19.6. The van der Waals surface area contributed by atoms with E-state index in [2.05, 4.69) is 15.6 Å². The Hall–Kier alpha value is -2.23. The van der Waals surface area contributed by atoms with Crippen molar-refractivity contribution in [1.82, 2.24) is 10.6 Å². The molecule has 0 bridgehead atoms. The average Bonchev–Trinajstić information content (AvgIpc) is 2.71. The van der Waals surface area contributed by atoms with E-state index < -0.39 is 0 Å². The van der Waals surface area contributed by atoms with E-state index in [4.69, 9.17) is 14.2 Å². The lowest BCUT2D eigenvalue weighted by molar-refractivity contribution is 0.347. The zero-order valence-electron chi connectivity index (χ0n) is 17.3. The van der Waals surface area contributed by atoms with Crippen molar-refractivity contribution in [1.29, 1.82) is 0 Å². The van der Waals surface area contributed by atoms with Crippen LogP contribution < -0.4 is 24.8 Å². The Morgan fingerprint density at radius 1 is 0.966 bits per heavy atom. The van der Waals surface area contributed by atoms with Crippen LogP contribution in [0.25, 0.3) is 0 Å². The fraction of sp³-hybridized carbons (Fsp3) is 0.381. The summed E-state index contributed by atoms with van der Waals surface area (Å²) >= 11 is 0. The van der Waals surface area contributed by atoms with Gasteiger partial charge in [-0.1, -0.05) is 12.1 Å². The first kappa shape index (κ1) is 24.8. The summed E-state index contributed by atoms with van der Waals surface area (Å²) in [7, 11) is 4.78. The minimum Gasteiger partial charge on any atom is -0.496 e. The highest BCUT2D eigenvalue weighted by atomic mass is 127. The molecule has 0 aliphatic carbocycles. The maximum atomic E-state index is 13.3. The summed E-state index contributed by atoms with van der Waals surface area (Å²) in [5, 5.41) is 6.47. The highest BCUT2D eigenvalue weighted by Crippen LogP contribution is 2.34. The van der Waals surface area contributed by atoms with Crippen molar-refractivity contribution in [2.45, 2.75) is 19.9 Å². The molecule has 6 nitrogen and oxygen atoms in total. The molecular weight excluding hydrogens is 488 g/mol. The topological polar surface area (TPSA) is 64.1 Å². The Labute approximate surface area is 188 Å². The van der Waals surface area contributed by atoms with Gasteiger partial charge in [0.1, 0.15) is 11.6 Å². The molecule has 0 saturated heterocycles. The van der Waals surface area contributed by atoms with Gasteiger partial charge in [-0.2, -0.15) is 0 Å². The largest absolute Gasteiger partial charge is 0.496 e. The molecular formula is C21H29FIN3O3. The van der Waals surface area contributed by atoms with Gasteiger partial charge in [0.15, 0.2) is 17.5 Å². The Morgan fingerprint density at radius 3 is 2.28 bits per heavy atom. The summed E-state index contributed by atoms with van der Waals surface area (Å²) in [4.78, 5) is 4.62. The van der Waals surface area contributed by atoms with Crippen molar-refractivity contribution in [3.63, 3.8) is 0 Å². The standard InChI is InChI=1S/C21H28FN3O3.HI/c1-5-23-21(24-10-9-15-7-6-8-17(22)11-15)25-14-16-12-19(27-3)20(28-4)13-18(16)26-2;/h6-8,11-13H,5,9-10,14H2,1-4H3,(H2,23,24,25);1H. The summed E-state index contributed by atoms with van der Waals surface area (Å²) in [6.45, 7) is 3.77. The molecule has 2 N–H and O–H groups in total. The van der Waals surface area contributed by atoms with Gasteiger partial charge in [-0.3, -0.25) is 0 Å². The number of aliphatic imine (C=N–C) groups is 1. The molecule has 0 spiro atoms. The van der Waals surface area contributed by atoms with Crippen LogP contribution in [0.3, 0.4) is 0 Å². The van der Waals surface area contributed by atoms with Crippen LogP contribution in [0.1, 0.15) is 18.1 Å². The fourth-order valence-electron chi connectivity index (χ4n) is 2.74. The monoisotopic (exact) mass is 517 g/mol. The SMILES string of the molecule is CCNC(=NCc1cc(OC)c(OC)cc1OC)NCCc1cccc(F)c1.I. The molecule has 0 fully saturated rings. The van der Waals surface area contributed by atoms with Crippen molar-refractivity contribution in [2.75, 3.05) is 34.4 Å². The molecule has 2 aromatic rings. The lowest BCUT2D eigenvalue weighted by Crippen LogP contribution is -2.38. The molecule has 0 aromatic heterocycles. The Balaban J connectivity index is 0.00000420. The fourth-order valence-corrected chi connectivity index (χ4v) is 2.74. The maximum Gasteiger partial charge on any atom is 0.191 e. The van der Waals surface area contributed by atoms with Crippen LogP contribution >= 0.6 is 24.0 Å². The Kier molecular flexibility index (Phi) is 11.2.